The van der Waals surface area contributed by atoms with E-state index in [4.69, 9.17) is 5.73 Å². The Labute approximate surface area is 89.1 Å². The highest BCUT2D eigenvalue weighted by atomic mass is 16.1. The van der Waals surface area contributed by atoms with Crippen LogP contribution in [0.1, 0.15) is 26.1 Å². The van der Waals surface area contributed by atoms with Gasteiger partial charge in [0.15, 0.2) is 0 Å². The Morgan fingerprint density at radius 2 is 2.27 bits per heavy atom. The van der Waals surface area contributed by atoms with E-state index in [9.17, 15) is 4.79 Å². The van der Waals surface area contributed by atoms with Gasteiger partial charge in [-0.1, -0.05) is 0 Å². The smallest absolute Gasteiger partial charge is 0.219 e. The quantitative estimate of drug-likeness (QED) is 0.768. The number of aryl methyl sites for hydroxylation is 1. The molecular formula is C10H16N4O. The van der Waals surface area contributed by atoms with Crippen LogP contribution < -0.4 is 11.1 Å². The van der Waals surface area contributed by atoms with Crippen LogP contribution >= 0.6 is 0 Å². The summed E-state index contributed by atoms with van der Waals surface area (Å²) in [6.07, 6.45) is 1.93. The summed E-state index contributed by atoms with van der Waals surface area (Å²) in [5.41, 5.74) is 4.75. The third kappa shape index (κ3) is 3.93. The van der Waals surface area contributed by atoms with Gasteiger partial charge in [0.1, 0.15) is 11.6 Å². The van der Waals surface area contributed by atoms with Crippen molar-refractivity contribution in [2.75, 3.05) is 5.32 Å². The fraction of sp³-hybridized carbons (Fsp3) is 0.500. The maximum atomic E-state index is 10.8. The number of anilines is 1. The van der Waals surface area contributed by atoms with Gasteiger partial charge in [-0.2, -0.15) is 0 Å². The van der Waals surface area contributed by atoms with Crippen LogP contribution in [-0.4, -0.2) is 21.4 Å². The molecule has 1 aromatic heterocycles. The van der Waals surface area contributed by atoms with Crippen LogP contribution in [0, 0.1) is 6.92 Å². The third-order valence-corrected chi connectivity index (χ3v) is 1.86. The highest BCUT2D eigenvalue weighted by Crippen LogP contribution is 2.15. The van der Waals surface area contributed by atoms with Crippen LogP contribution in [0.5, 0.6) is 0 Å². The number of amides is 1. The highest BCUT2D eigenvalue weighted by Gasteiger charge is 2.20. The zero-order chi connectivity index (χ0) is 11.5. The number of rotatable bonds is 4. The average Bonchev–Trinajstić information content (AvgIpc) is 1.99. The van der Waals surface area contributed by atoms with Gasteiger partial charge in [-0.3, -0.25) is 4.79 Å². The Kier molecular flexibility index (Phi) is 3.24. The molecule has 1 heterocycles. The van der Waals surface area contributed by atoms with Crippen LogP contribution in [0.15, 0.2) is 12.3 Å². The van der Waals surface area contributed by atoms with Crippen LogP contribution in [0.2, 0.25) is 0 Å². The lowest BCUT2D eigenvalue weighted by Crippen LogP contribution is -2.36. The van der Waals surface area contributed by atoms with E-state index in [0.29, 0.717) is 11.6 Å². The molecule has 1 rings (SSSR count). The van der Waals surface area contributed by atoms with Gasteiger partial charge in [0.2, 0.25) is 5.91 Å². The highest BCUT2D eigenvalue weighted by molar-refractivity contribution is 5.75. The number of nitrogens with zero attached hydrogens (tertiary/aromatic N) is 2. The molecule has 15 heavy (non-hydrogen) atoms. The van der Waals surface area contributed by atoms with Gasteiger partial charge in [0, 0.05) is 18.2 Å². The summed E-state index contributed by atoms with van der Waals surface area (Å²) >= 11 is 0. The zero-order valence-corrected chi connectivity index (χ0v) is 9.24. The predicted molar refractivity (Wildman–Crippen MR) is 58.3 cm³/mol. The second-order valence-corrected chi connectivity index (χ2v) is 4.14. The molecule has 0 spiro atoms. The van der Waals surface area contributed by atoms with Crippen molar-refractivity contribution in [1.29, 1.82) is 0 Å². The van der Waals surface area contributed by atoms with E-state index in [1.54, 1.807) is 12.3 Å². The molecule has 0 aliphatic rings. The van der Waals surface area contributed by atoms with Gasteiger partial charge in [0.25, 0.3) is 0 Å². The maximum Gasteiger partial charge on any atom is 0.219 e. The molecule has 82 valence electrons. The molecule has 0 aliphatic heterocycles. The number of hydrogen-bond acceptors (Lipinski definition) is 4. The minimum Gasteiger partial charge on any atom is -0.370 e. The van der Waals surface area contributed by atoms with E-state index in [1.807, 2.05) is 20.8 Å². The van der Waals surface area contributed by atoms with Crippen LogP contribution in [0.25, 0.3) is 0 Å². The van der Waals surface area contributed by atoms with E-state index in [0.717, 1.165) is 0 Å². The molecule has 3 N–H and O–H groups in total. The number of nitrogens with one attached hydrogen (secondary N) is 1. The first-order valence-electron chi connectivity index (χ1n) is 4.75. The maximum absolute atomic E-state index is 10.8. The minimum atomic E-state index is -0.396. The number of aromatic nitrogens is 2. The Bertz CT molecular complexity index is 362. The number of hydrogen-bond donors (Lipinski definition) is 2. The largest absolute Gasteiger partial charge is 0.370 e. The molecule has 0 atom stereocenters. The van der Waals surface area contributed by atoms with Gasteiger partial charge in [-0.15, -0.1) is 0 Å². The summed E-state index contributed by atoms with van der Waals surface area (Å²) in [4.78, 5) is 19.0. The Morgan fingerprint density at radius 3 is 2.80 bits per heavy atom. The van der Waals surface area contributed by atoms with Crippen molar-refractivity contribution in [2.24, 2.45) is 5.73 Å². The fourth-order valence-corrected chi connectivity index (χ4v) is 1.35. The molecule has 0 bridgehead atoms. The number of carbonyl (C=O) groups excluding carboxylic acids is 1. The summed E-state index contributed by atoms with van der Waals surface area (Å²) in [5, 5.41) is 3.14. The summed E-state index contributed by atoms with van der Waals surface area (Å²) < 4.78 is 0. The first kappa shape index (κ1) is 11.4. The molecule has 0 saturated carbocycles. The van der Waals surface area contributed by atoms with Crippen LogP contribution in [-0.2, 0) is 4.79 Å². The van der Waals surface area contributed by atoms with E-state index in [1.165, 1.54) is 0 Å². The topological polar surface area (TPSA) is 80.9 Å². The second-order valence-electron chi connectivity index (χ2n) is 4.14. The van der Waals surface area contributed by atoms with Gasteiger partial charge >= 0.3 is 0 Å². The number of nitrogens with two attached hydrogens (primary N) is 1. The normalized spacial score (nSPS) is 11.1. The Hall–Kier alpha value is -1.65. The Morgan fingerprint density at radius 1 is 1.60 bits per heavy atom. The SMILES string of the molecule is Cc1nccc(NC(C)(C)CC(N)=O)n1. The van der Waals surface area contributed by atoms with Gasteiger partial charge < -0.3 is 11.1 Å². The lowest BCUT2D eigenvalue weighted by atomic mass is 10.0. The van der Waals surface area contributed by atoms with Crippen LogP contribution in [0.3, 0.4) is 0 Å². The molecule has 5 nitrogen and oxygen atoms in total. The third-order valence-electron chi connectivity index (χ3n) is 1.86. The van der Waals surface area contributed by atoms with E-state index in [2.05, 4.69) is 15.3 Å². The second kappa shape index (κ2) is 4.25. The predicted octanol–water partition coefficient (Wildman–Crippen LogP) is 0.851. The summed E-state index contributed by atoms with van der Waals surface area (Å²) in [6.45, 7) is 5.61. The van der Waals surface area contributed by atoms with Crippen molar-refractivity contribution >= 4 is 11.7 Å². The van der Waals surface area contributed by atoms with E-state index >= 15 is 0 Å². The van der Waals surface area contributed by atoms with Crippen molar-refractivity contribution < 1.29 is 4.79 Å². The molecular weight excluding hydrogens is 192 g/mol. The number of carbonyl (C=O) groups is 1. The molecule has 5 heteroatoms. The molecule has 0 radical (unpaired) electrons. The summed E-state index contributed by atoms with van der Waals surface area (Å²) in [5.74, 6) is 1.06. The molecule has 1 aromatic rings. The van der Waals surface area contributed by atoms with Crippen molar-refractivity contribution in [3.05, 3.63) is 18.1 Å². The zero-order valence-electron chi connectivity index (χ0n) is 9.24. The van der Waals surface area contributed by atoms with E-state index in [-0.39, 0.29) is 12.3 Å². The van der Waals surface area contributed by atoms with E-state index < -0.39 is 5.54 Å². The van der Waals surface area contributed by atoms with Crippen molar-refractivity contribution in [3.8, 4) is 0 Å². The molecule has 0 unspecified atom stereocenters. The van der Waals surface area contributed by atoms with Crippen molar-refractivity contribution in [1.82, 2.24) is 9.97 Å². The van der Waals surface area contributed by atoms with Gasteiger partial charge in [-0.05, 0) is 26.8 Å². The van der Waals surface area contributed by atoms with Crippen LogP contribution in [0.4, 0.5) is 5.82 Å². The lowest BCUT2D eigenvalue weighted by molar-refractivity contribution is -0.118. The molecule has 0 fully saturated rings. The first-order valence-corrected chi connectivity index (χ1v) is 4.75. The Balaban J connectivity index is 2.72. The molecule has 0 saturated heterocycles. The monoisotopic (exact) mass is 208 g/mol. The lowest BCUT2D eigenvalue weighted by Gasteiger charge is -2.25. The molecule has 0 aromatic carbocycles. The standard InChI is InChI=1S/C10H16N4O/c1-7-12-5-4-9(13-7)14-10(2,3)6-8(11)15/h4-5H,6H2,1-3H3,(H2,11,15)(H,12,13,14). The summed E-state index contributed by atoms with van der Waals surface area (Å²) in [7, 11) is 0. The minimum absolute atomic E-state index is 0.260. The summed E-state index contributed by atoms with van der Waals surface area (Å²) in [6, 6.07) is 1.76. The van der Waals surface area contributed by atoms with Crippen molar-refractivity contribution in [2.45, 2.75) is 32.7 Å². The first-order chi connectivity index (χ1) is 6.89. The molecule has 1 amide bonds. The van der Waals surface area contributed by atoms with Crippen molar-refractivity contribution in [3.63, 3.8) is 0 Å². The van der Waals surface area contributed by atoms with Gasteiger partial charge in [-0.25, -0.2) is 9.97 Å². The molecule has 0 aliphatic carbocycles. The number of primary amides is 1. The van der Waals surface area contributed by atoms with Gasteiger partial charge in [0.05, 0.1) is 0 Å². The fourth-order valence-electron chi connectivity index (χ4n) is 1.35. The average molecular weight is 208 g/mol.